The Kier molecular flexibility index (Phi) is 3.90. The van der Waals surface area contributed by atoms with Crippen molar-refractivity contribution in [3.05, 3.63) is 82.1 Å². The maximum Gasteiger partial charge on any atom is 0.256 e. The lowest BCUT2D eigenvalue weighted by molar-refractivity contribution is -0.110. The number of carbonyl (C=O) groups excluding carboxylic acids is 1. The number of para-hydroxylation sites is 1. The van der Waals surface area contributed by atoms with Crippen molar-refractivity contribution in [3.8, 4) is 0 Å². The first-order valence-corrected chi connectivity index (χ1v) is 8.40. The van der Waals surface area contributed by atoms with Crippen LogP contribution in [0.25, 0.3) is 11.6 Å². The molecule has 0 aliphatic carbocycles. The first kappa shape index (κ1) is 15.7. The number of aryl methyl sites for hydroxylation is 1. The van der Waals surface area contributed by atoms with Crippen LogP contribution in [0.1, 0.15) is 22.4 Å². The number of nitrogens with one attached hydrogen (secondary N) is 1. The van der Waals surface area contributed by atoms with Gasteiger partial charge in [0.1, 0.15) is 5.15 Å². The van der Waals surface area contributed by atoms with Crippen LogP contribution >= 0.6 is 11.6 Å². The molecule has 0 atom stereocenters. The molecule has 2 aromatic carbocycles. The Labute approximate surface area is 150 Å². The third-order valence-corrected chi connectivity index (χ3v) is 4.68. The normalized spacial score (nSPS) is 14.6. The van der Waals surface area contributed by atoms with Gasteiger partial charge >= 0.3 is 0 Å². The number of aromatic nitrogens is 2. The highest BCUT2D eigenvalue weighted by Crippen LogP contribution is 2.34. The fourth-order valence-corrected chi connectivity index (χ4v) is 3.31. The molecular formula is C20H16ClN3O. The van der Waals surface area contributed by atoms with Gasteiger partial charge in [0.2, 0.25) is 0 Å². The van der Waals surface area contributed by atoms with Crippen molar-refractivity contribution in [2.45, 2.75) is 13.5 Å². The van der Waals surface area contributed by atoms with Crippen LogP contribution in [-0.2, 0) is 11.3 Å². The summed E-state index contributed by atoms with van der Waals surface area (Å²) in [7, 11) is 0. The zero-order valence-electron chi connectivity index (χ0n) is 13.7. The molecule has 3 aromatic rings. The van der Waals surface area contributed by atoms with Gasteiger partial charge in [-0.25, -0.2) is 4.68 Å². The van der Waals surface area contributed by atoms with Gasteiger partial charge in [-0.2, -0.15) is 5.10 Å². The molecule has 0 unspecified atom stereocenters. The van der Waals surface area contributed by atoms with Gasteiger partial charge in [-0.15, -0.1) is 0 Å². The van der Waals surface area contributed by atoms with Crippen molar-refractivity contribution >= 4 is 34.8 Å². The summed E-state index contributed by atoms with van der Waals surface area (Å²) >= 11 is 6.56. The van der Waals surface area contributed by atoms with E-state index in [1.54, 1.807) is 4.68 Å². The molecule has 0 bridgehead atoms. The van der Waals surface area contributed by atoms with Crippen molar-refractivity contribution in [1.29, 1.82) is 0 Å². The Hall–Kier alpha value is -2.85. The molecule has 2 heterocycles. The lowest BCUT2D eigenvalue weighted by atomic mass is 10.0. The minimum atomic E-state index is -0.118. The maximum absolute atomic E-state index is 12.3. The van der Waals surface area contributed by atoms with E-state index in [1.165, 1.54) is 0 Å². The van der Waals surface area contributed by atoms with Crippen molar-refractivity contribution in [2.24, 2.45) is 0 Å². The van der Waals surface area contributed by atoms with E-state index in [2.05, 4.69) is 10.4 Å². The number of carbonyl (C=O) groups is 1. The number of fused-ring (bicyclic) bond motifs is 1. The van der Waals surface area contributed by atoms with Crippen LogP contribution in [-0.4, -0.2) is 15.7 Å². The second-order valence-electron chi connectivity index (χ2n) is 5.99. The lowest BCUT2D eigenvalue weighted by Gasteiger charge is -2.03. The van der Waals surface area contributed by atoms with Gasteiger partial charge in [0.25, 0.3) is 5.91 Å². The Balaban J connectivity index is 1.74. The Bertz CT molecular complexity index is 989. The number of hydrogen-bond acceptors (Lipinski definition) is 2. The van der Waals surface area contributed by atoms with Gasteiger partial charge in [0.15, 0.2) is 0 Å². The van der Waals surface area contributed by atoms with Crippen molar-refractivity contribution < 1.29 is 4.79 Å². The highest BCUT2D eigenvalue weighted by atomic mass is 35.5. The number of hydrogen-bond donors (Lipinski definition) is 1. The van der Waals surface area contributed by atoms with Crippen molar-refractivity contribution in [1.82, 2.24) is 9.78 Å². The summed E-state index contributed by atoms with van der Waals surface area (Å²) in [6, 6.07) is 17.7. The van der Waals surface area contributed by atoms with Crippen LogP contribution in [0.2, 0.25) is 5.15 Å². The molecule has 4 rings (SSSR count). The van der Waals surface area contributed by atoms with E-state index >= 15 is 0 Å². The van der Waals surface area contributed by atoms with Gasteiger partial charge in [0.05, 0.1) is 12.2 Å². The molecule has 4 nitrogen and oxygen atoms in total. The molecule has 25 heavy (non-hydrogen) atoms. The molecule has 1 N–H and O–H groups in total. The van der Waals surface area contributed by atoms with Crippen LogP contribution in [0, 0.1) is 6.92 Å². The van der Waals surface area contributed by atoms with Gasteiger partial charge in [-0.3, -0.25) is 4.79 Å². The predicted octanol–water partition coefficient (Wildman–Crippen LogP) is 4.39. The quantitative estimate of drug-likeness (QED) is 0.713. The SMILES string of the molecule is Cc1nn(Cc2ccccc2)c(Cl)c1C=C1C(=O)Nc2ccccc21. The third kappa shape index (κ3) is 2.85. The van der Waals surface area contributed by atoms with E-state index in [9.17, 15) is 4.79 Å². The molecular weight excluding hydrogens is 334 g/mol. The third-order valence-electron chi connectivity index (χ3n) is 4.28. The standard InChI is InChI=1S/C20H16ClN3O/c1-13-16(11-17-15-9-5-6-10-18(15)22-20(17)25)19(21)24(23-13)12-14-7-3-2-4-8-14/h2-11H,12H2,1H3,(H,22,25). The first-order chi connectivity index (χ1) is 12.1. The van der Waals surface area contributed by atoms with E-state index < -0.39 is 0 Å². The molecule has 1 aromatic heterocycles. The Morgan fingerprint density at radius 1 is 1.12 bits per heavy atom. The predicted molar refractivity (Wildman–Crippen MR) is 100 cm³/mol. The van der Waals surface area contributed by atoms with Crippen molar-refractivity contribution in [2.75, 3.05) is 5.32 Å². The zero-order chi connectivity index (χ0) is 17.4. The number of rotatable bonds is 3. The molecule has 0 radical (unpaired) electrons. The molecule has 5 heteroatoms. The van der Waals surface area contributed by atoms with E-state index in [0.717, 1.165) is 28.1 Å². The summed E-state index contributed by atoms with van der Waals surface area (Å²) in [5.41, 5.74) is 5.02. The van der Waals surface area contributed by atoms with E-state index in [1.807, 2.05) is 67.6 Å². The van der Waals surface area contributed by atoms with E-state index in [-0.39, 0.29) is 5.91 Å². The van der Waals surface area contributed by atoms with Crippen LogP contribution in [0.4, 0.5) is 5.69 Å². The zero-order valence-corrected chi connectivity index (χ0v) is 14.4. The van der Waals surface area contributed by atoms with Gasteiger partial charge in [0, 0.05) is 22.4 Å². The van der Waals surface area contributed by atoms with E-state index in [4.69, 9.17) is 11.6 Å². The van der Waals surface area contributed by atoms with Crippen LogP contribution < -0.4 is 5.32 Å². The Morgan fingerprint density at radius 2 is 1.84 bits per heavy atom. The monoisotopic (exact) mass is 349 g/mol. The molecule has 0 saturated carbocycles. The number of benzene rings is 2. The summed E-state index contributed by atoms with van der Waals surface area (Å²) < 4.78 is 1.76. The average molecular weight is 350 g/mol. The van der Waals surface area contributed by atoms with Gasteiger partial charge in [-0.1, -0.05) is 60.1 Å². The van der Waals surface area contributed by atoms with Crippen LogP contribution in [0.5, 0.6) is 0 Å². The fraction of sp³-hybridized carbons (Fsp3) is 0.100. The average Bonchev–Trinajstić information content (AvgIpc) is 3.07. The largest absolute Gasteiger partial charge is 0.321 e. The molecule has 0 saturated heterocycles. The second-order valence-corrected chi connectivity index (χ2v) is 6.35. The fourth-order valence-electron chi connectivity index (χ4n) is 3.02. The molecule has 1 aliphatic rings. The Morgan fingerprint density at radius 3 is 2.64 bits per heavy atom. The first-order valence-electron chi connectivity index (χ1n) is 8.03. The minimum absolute atomic E-state index is 0.118. The summed E-state index contributed by atoms with van der Waals surface area (Å²) in [6.45, 7) is 2.49. The number of nitrogens with zero attached hydrogens (tertiary/aromatic N) is 2. The number of anilines is 1. The van der Waals surface area contributed by atoms with Gasteiger partial charge < -0.3 is 5.32 Å². The molecule has 0 fully saturated rings. The summed E-state index contributed by atoms with van der Waals surface area (Å²) in [4.78, 5) is 12.3. The lowest BCUT2D eigenvalue weighted by Crippen LogP contribution is -2.03. The summed E-state index contributed by atoms with van der Waals surface area (Å²) in [5, 5.41) is 7.95. The molecule has 0 spiro atoms. The molecule has 1 amide bonds. The van der Waals surface area contributed by atoms with Crippen molar-refractivity contribution in [3.63, 3.8) is 0 Å². The smallest absolute Gasteiger partial charge is 0.256 e. The maximum atomic E-state index is 12.3. The second kappa shape index (κ2) is 6.22. The molecule has 1 aliphatic heterocycles. The summed E-state index contributed by atoms with van der Waals surface area (Å²) in [5.74, 6) is -0.118. The number of amides is 1. The van der Waals surface area contributed by atoms with E-state index in [0.29, 0.717) is 17.3 Å². The molecule has 124 valence electrons. The highest BCUT2D eigenvalue weighted by molar-refractivity contribution is 6.36. The summed E-state index contributed by atoms with van der Waals surface area (Å²) in [6.07, 6.45) is 1.83. The van der Waals surface area contributed by atoms with Gasteiger partial charge in [-0.05, 0) is 24.6 Å². The topological polar surface area (TPSA) is 46.9 Å². The number of halogens is 1. The van der Waals surface area contributed by atoms with Crippen LogP contribution in [0.15, 0.2) is 54.6 Å². The highest BCUT2D eigenvalue weighted by Gasteiger charge is 2.24. The van der Waals surface area contributed by atoms with Crippen LogP contribution in [0.3, 0.4) is 0 Å². The minimum Gasteiger partial charge on any atom is -0.321 e.